The number of aliphatic hydroxyl groups excluding tert-OH is 3. The summed E-state index contributed by atoms with van der Waals surface area (Å²) in [4.78, 5) is 10.9. The molecule has 0 saturated carbocycles. The molecule has 4 rings (SSSR count). The van der Waals surface area contributed by atoms with E-state index in [9.17, 15) is 10.2 Å². The van der Waals surface area contributed by atoms with Crippen LogP contribution in [0, 0.1) is 0 Å². The molecule has 0 aromatic carbocycles. The molecule has 3 aliphatic rings. The Morgan fingerprint density at radius 1 is 1.38 bits per heavy atom. The first-order valence-corrected chi connectivity index (χ1v) is 6.93. The number of nitrogens with zero attached hydrogens (tertiary/aromatic N) is 4. The van der Waals surface area contributed by atoms with Crippen LogP contribution in [0.5, 0.6) is 0 Å². The monoisotopic (exact) mass is 295 g/mol. The lowest BCUT2D eigenvalue weighted by Gasteiger charge is -2.28. The normalized spacial score (nSPS) is 34.4. The van der Waals surface area contributed by atoms with Gasteiger partial charge in [-0.25, -0.2) is 4.98 Å². The van der Waals surface area contributed by atoms with Crippen LogP contribution >= 0.6 is 0 Å². The zero-order valence-corrected chi connectivity index (χ0v) is 11.3. The minimum atomic E-state index is -1.12. The van der Waals surface area contributed by atoms with Crippen molar-refractivity contribution in [1.82, 2.24) is 14.5 Å². The standard InChI is InChI=1S/C12H17N5O4/c18-3-6-8(19)9(20)12(21-6)17-5-14-7-10-13-1-2-16(10)4-15-11(7)17/h5-6,8-9,12,15,18-20H,1-4H2/t6-,8-,9-,12-/m1/s1. The highest BCUT2D eigenvalue weighted by Gasteiger charge is 2.45. The molecule has 3 aliphatic heterocycles. The molecule has 1 saturated heterocycles. The molecule has 9 heteroatoms. The number of ether oxygens (including phenoxy) is 1. The van der Waals surface area contributed by atoms with E-state index >= 15 is 0 Å². The lowest BCUT2D eigenvalue weighted by atomic mass is 10.1. The van der Waals surface area contributed by atoms with Crippen molar-refractivity contribution >= 4 is 11.7 Å². The summed E-state index contributed by atoms with van der Waals surface area (Å²) in [5.74, 6) is 1.55. The van der Waals surface area contributed by atoms with Gasteiger partial charge in [0, 0.05) is 6.54 Å². The van der Waals surface area contributed by atoms with Gasteiger partial charge in [-0.2, -0.15) is 0 Å². The molecule has 9 nitrogen and oxygen atoms in total. The molecular weight excluding hydrogens is 278 g/mol. The van der Waals surface area contributed by atoms with Crippen molar-refractivity contribution in [2.45, 2.75) is 24.5 Å². The van der Waals surface area contributed by atoms with Gasteiger partial charge in [-0.1, -0.05) is 0 Å². The van der Waals surface area contributed by atoms with Gasteiger partial charge in [-0.15, -0.1) is 0 Å². The van der Waals surface area contributed by atoms with Gasteiger partial charge in [-0.05, 0) is 0 Å². The average molecular weight is 295 g/mol. The third-order valence-electron chi connectivity index (χ3n) is 4.17. The average Bonchev–Trinajstić information content (AvgIpc) is 3.17. The Balaban J connectivity index is 1.69. The second-order valence-corrected chi connectivity index (χ2v) is 5.38. The van der Waals surface area contributed by atoms with Gasteiger partial charge in [0.25, 0.3) is 0 Å². The highest BCUT2D eigenvalue weighted by Crippen LogP contribution is 2.34. The SMILES string of the molecule is OC[C@H]1O[C@@H](n2cnc3c2NCN2CCN=C32)[C@H](O)[C@@H]1O. The molecule has 0 radical (unpaired) electrons. The van der Waals surface area contributed by atoms with Crippen molar-refractivity contribution in [3.8, 4) is 0 Å². The Morgan fingerprint density at radius 2 is 2.24 bits per heavy atom. The Morgan fingerprint density at radius 3 is 3.00 bits per heavy atom. The van der Waals surface area contributed by atoms with E-state index in [-0.39, 0.29) is 6.61 Å². The van der Waals surface area contributed by atoms with Crippen molar-refractivity contribution < 1.29 is 20.1 Å². The van der Waals surface area contributed by atoms with Crippen LogP contribution in [-0.2, 0) is 4.74 Å². The Hall–Kier alpha value is -1.68. The fourth-order valence-electron chi connectivity index (χ4n) is 3.03. The maximum absolute atomic E-state index is 10.1. The van der Waals surface area contributed by atoms with Crippen molar-refractivity contribution in [2.75, 3.05) is 31.7 Å². The molecule has 4 N–H and O–H groups in total. The molecule has 114 valence electrons. The maximum atomic E-state index is 10.1. The third kappa shape index (κ3) is 1.78. The van der Waals surface area contributed by atoms with Crippen LogP contribution in [0.2, 0.25) is 0 Å². The van der Waals surface area contributed by atoms with Crippen LogP contribution in [0.4, 0.5) is 5.82 Å². The zero-order chi connectivity index (χ0) is 14.6. The molecule has 0 unspecified atom stereocenters. The van der Waals surface area contributed by atoms with E-state index in [4.69, 9.17) is 9.84 Å². The van der Waals surface area contributed by atoms with Gasteiger partial charge in [0.1, 0.15) is 29.8 Å². The molecule has 0 bridgehead atoms. The lowest BCUT2D eigenvalue weighted by Crippen LogP contribution is -2.39. The minimum absolute atomic E-state index is 0.348. The van der Waals surface area contributed by atoms with Gasteiger partial charge in [0.05, 0.1) is 26.1 Å². The van der Waals surface area contributed by atoms with Crippen LogP contribution in [0.1, 0.15) is 11.9 Å². The van der Waals surface area contributed by atoms with E-state index in [1.807, 2.05) is 0 Å². The molecular formula is C12H17N5O4. The number of anilines is 1. The Labute approximate surface area is 120 Å². The number of fused-ring (bicyclic) bond motifs is 3. The number of nitrogens with one attached hydrogen (secondary N) is 1. The minimum Gasteiger partial charge on any atom is -0.394 e. The number of aliphatic imine (C=N–C) groups is 1. The fraction of sp³-hybridized carbons (Fsp3) is 0.667. The topological polar surface area (TPSA) is 115 Å². The molecule has 1 fully saturated rings. The van der Waals surface area contributed by atoms with Gasteiger partial charge in [-0.3, -0.25) is 9.56 Å². The molecule has 4 atom stereocenters. The Kier molecular flexibility index (Phi) is 2.89. The lowest BCUT2D eigenvalue weighted by molar-refractivity contribution is -0.0519. The van der Waals surface area contributed by atoms with E-state index < -0.39 is 24.5 Å². The number of hydrogen-bond acceptors (Lipinski definition) is 8. The molecule has 1 aromatic rings. The molecule has 4 heterocycles. The second-order valence-electron chi connectivity index (χ2n) is 5.38. The first-order chi connectivity index (χ1) is 10.2. The van der Waals surface area contributed by atoms with Gasteiger partial charge in [0.2, 0.25) is 0 Å². The molecule has 0 spiro atoms. The molecule has 0 aliphatic carbocycles. The number of imidazole rings is 1. The number of amidine groups is 1. The van der Waals surface area contributed by atoms with E-state index in [2.05, 4.69) is 20.2 Å². The second kappa shape index (κ2) is 4.67. The van der Waals surface area contributed by atoms with Gasteiger partial charge >= 0.3 is 0 Å². The Bertz CT molecular complexity index is 588. The maximum Gasteiger partial charge on any atom is 0.165 e. The van der Waals surface area contributed by atoms with E-state index in [1.165, 1.54) is 0 Å². The number of rotatable bonds is 2. The van der Waals surface area contributed by atoms with E-state index in [0.29, 0.717) is 12.5 Å². The van der Waals surface area contributed by atoms with Crippen molar-refractivity contribution in [2.24, 2.45) is 4.99 Å². The summed E-state index contributed by atoms with van der Waals surface area (Å²) in [5, 5.41) is 32.4. The highest BCUT2D eigenvalue weighted by molar-refractivity contribution is 6.03. The summed E-state index contributed by atoms with van der Waals surface area (Å²) in [6, 6.07) is 0. The summed E-state index contributed by atoms with van der Waals surface area (Å²) >= 11 is 0. The summed E-state index contributed by atoms with van der Waals surface area (Å²) in [5.41, 5.74) is 0.719. The van der Waals surface area contributed by atoms with Crippen molar-refractivity contribution in [3.63, 3.8) is 0 Å². The van der Waals surface area contributed by atoms with Crippen LogP contribution in [-0.4, -0.2) is 80.3 Å². The first-order valence-electron chi connectivity index (χ1n) is 6.93. The quantitative estimate of drug-likeness (QED) is 0.496. The molecule has 0 amide bonds. The number of hydrogen-bond donors (Lipinski definition) is 4. The van der Waals surface area contributed by atoms with Crippen molar-refractivity contribution in [3.05, 3.63) is 12.0 Å². The predicted octanol–water partition coefficient (Wildman–Crippen LogP) is -2.06. The summed E-state index contributed by atoms with van der Waals surface area (Å²) in [7, 11) is 0. The van der Waals surface area contributed by atoms with Crippen molar-refractivity contribution in [1.29, 1.82) is 0 Å². The summed E-state index contributed by atoms with van der Waals surface area (Å²) in [6.07, 6.45) is -2.27. The molecule has 1 aromatic heterocycles. The first kappa shape index (κ1) is 13.0. The van der Waals surface area contributed by atoms with E-state index in [0.717, 1.165) is 24.6 Å². The van der Waals surface area contributed by atoms with E-state index in [1.54, 1.807) is 10.9 Å². The summed E-state index contributed by atoms with van der Waals surface area (Å²) < 4.78 is 7.19. The smallest absolute Gasteiger partial charge is 0.165 e. The van der Waals surface area contributed by atoms with Crippen LogP contribution in [0.25, 0.3) is 0 Å². The highest BCUT2D eigenvalue weighted by atomic mass is 16.6. The molecule has 21 heavy (non-hydrogen) atoms. The fourth-order valence-corrected chi connectivity index (χ4v) is 3.03. The summed E-state index contributed by atoms with van der Waals surface area (Å²) in [6.45, 7) is 1.88. The largest absolute Gasteiger partial charge is 0.394 e. The number of aromatic nitrogens is 2. The third-order valence-corrected chi connectivity index (χ3v) is 4.17. The zero-order valence-electron chi connectivity index (χ0n) is 11.3. The van der Waals surface area contributed by atoms with Crippen LogP contribution in [0.15, 0.2) is 11.3 Å². The number of aliphatic hydroxyl groups is 3. The van der Waals surface area contributed by atoms with Crippen LogP contribution in [0.3, 0.4) is 0 Å². The predicted molar refractivity (Wildman–Crippen MR) is 71.8 cm³/mol. The van der Waals surface area contributed by atoms with Gasteiger partial charge < -0.3 is 30.3 Å². The van der Waals surface area contributed by atoms with Gasteiger partial charge in [0.15, 0.2) is 12.1 Å². The van der Waals surface area contributed by atoms with Crippen LogP contribution < -0.4 is 5.32 Å².